The Kier molecular flexibility index (Phi) is 4.89. The van der Waals surface area contributed by atoms with Crippen LogP contribution in [0.15, 0.2) is 46.1 Å². The third-order valence-electron chi connectivity index (χ3n) is 2.60. The fourth-order valence-electron chi connectivity index (χ4n) is 1.55. The Bertz CT molecular complexity index is 677. The number of halogens is 1. The van der Waals surface area contributed by atoms with Crippen molar-refractivity contribution in [2.24, 2.45) is 5.10 Å². The van der Waals surface area contributed by atoms with Gasteiger partial charge in [0.15, 0.2) is 0 Å². The summed E-state index contributed by atoms with van der Waals surface area (Å²) in [6.07, 6.45) is 3.14. The molecule has 0 aliphatic rings. The third kappa shape index (κ3) is 4.03. The third-order valence-corrected chi connectivity index (χ3v) is 3.06. The Labute approximate surface area is 129 Å². The predicted octanol–water partition coefficient (Wildman–Crippen LogP) is 2.33. The van der Waals surface area contributed by atoms with E-state index in [-0.39, 0.29) is 5.91 Å². The summed E-state index contributed by atoms with van der Waals surface area (Å²) < 4.78 is 5.39. The summed E-state index contributed by atoms with van der Waals surface area (Å²) in [7, 11) is 1.33. The van der Waals surface area contributed by atoms with Crippen LogP contribution in [0.2, 0.25) is 0 Å². The number of hydrazone groups is 1. The summed E-state index contributed by atoms with van der Waals surface area (Å²) in [5, 5.41) is 3.85. The maximum Gasteiger partial charge on any atom is 0.337 e. The van der Waals surface area contributed by atoms with Crippen LogP contribution in [0, 0.1) is 0 Å². The van der Waals surface area contributed by atoms with Crippen molar-refractivity contribution in [1.82, 2.24) is 10.4 Å². The number of amides is 1. The van der Waals surface area contributed by atoms with Gasteiger partial charge in [0.25, 0.3) is 5.91 Å². The number of methoxy groups -OCH3 is 1. The number of ether oxygens (including phenoxy) is 1. The van der Waals surface area contributed by atoms with Gasteiger partial charge in [0.05, 0.1) is 18.9 Å². The van der Waals surface area contributed by atoms with Gasteiger partial charge in [-0.25, -0.2) is 10.2 Å². The zero-order valence-electron chi connectivity index (χ0n) is 11.1. The smallest absolute Gasteiger partial charge is 0.337 e. The second kappa shape index (κ2) is 6.85. The van der Waals surface area contributed by atoms with E-state index >= 15 is 0 Å². The maximum atomic E-state index is 11.7. The van der Waals surface area contributed by atoms with E-state index < -0.39 is 5.97 Å². The van der Waals surface area contributed by atoms with Crippen molar-refractivity contribution >= 4 is 34.0 Å². The number of hydrogen-bond donors (Lipinski definition) is 2. The van der Waals surface area contributed by atoms with Crippen LogP contribution < -0.4 is 5.43 Å². The molecule has 0 radical (unpaired) electrons. The number of nitrogens with zero attached hydrogens (tertiary/aromatic N) is 1. The highest BCUT2D eigenvalue weighted by Crippen LogP contribution is 2.10. The SMILES string of the molecule is COC(=O)c1ccc(/C=N\NC(=O)c2cc(Br)c[nH]2)cc1. The van der Waals surface area contributed by atoms with E-state index in [0.717, 1.165) is 10.0 Å². The molecule has 1 aromatic heterocycles. The lowest BCUT2D eigenvalue weighted by Gasteiger charge is -1.99. The van der Waals surface area contributed by atoms with Crippen molar-refractivity contribution in [3.63, 3.8) is 0 Å². The quantitative estimate of drug-likeness (QED) is 0.504. The second-order valence-corrected chi connectivity index (χ2v) is 4.96. The first kappa shape index (κ1) is 15.0. The molecule has 0 bridgehead atoms. The Morgan fingerprint density at radius 2 is 2.05 bits per heavy atom. The number of rotatable bonds is 4. The molecule has 0 saturated heterocycles. The molecule has 21 heavy (non-hydrogen) atoms. The van der Waals surface area contributed by atoms with Crippen LogP contribution in [-0.2, 0) is 4.74 Å². The zero-order valence-corrected chi connectivity index (χ0v) is 12.7. The van der Waals surface area contributed by atoms with Crippen LogP contribution >= 0.6 is 15.9 Å². The van der Waals surface area contributed by atoms with Gasteiger partial charge >= 0.3 is 5.97 Å². The van der Waals surface area contributed by atoms with Gasteiger partial charge < -0.3 is 9.72 Å². The Morgan fingerprint density at radius 3 is 2.62 bits per heavy atom. The van der Waals surface area contributed by atoms with Crippen LogP contribution in [0.3, 0.4) is 0 Å². The van der Waals surface area contributed by atoms with E-state index in [0.29, 0.717) is 11.3 Å². The molecule has 2 rings (SSSR count). The average molecular weight is 350 g/mol. The molecule has 7 heteroatoms. The maximum absolute atomic E-state index is 11.7. The number of aromatic nitrogens is 1. The van der Waals surface area contributed by atoms with Crippen LogP contribution in [0.4, 0.5) is 0 Å². The lowest BCUT2D eigenvalue weighted by Crippen LogP contribution is -2.17. The molecule has 0 unspecified atom stereocenters. The standard InChI is InChI=1S/C14H12BrN3O3/c1-21-14(20)10-4-2-9(3-5-10)7-17-18-13(19)12-6-11(15)8-16-12/h2-8,16H,1H3,(H,18,19)/b17-7-. The molecule has 0 spiro atoms. The molecule has 0 fully saturated rings. The molecule has 0 aliphatic heterocycles. The minimum absolute atomic E-state index is 0.344. The summed E-state index contributed by atoms with van der Waals surface area (Å²) in [5.74, 6) is -0.743. The Hall–Kier alpha value is -2.41. The van der Waals surface area contributed by atoms with Gasteiger partial charge in [-0.1, -0.05) is 12.1 Å². The van der Waals surface area contributed by atoms with Crippen molar-refractivity contribution in [1.29, 1.82) is 0 Å². The molecule has 1 aromatic carbocycles. The number of carbonyl (C=O) groups is 2. The minimum atomic E-state index is -0.399. The summed E-state index contributed by atoms with van der Waals surface area (Å²) in [5.41, 5.74) is 4.00. The zero-order chi connectivity index (χ0) is 15.2. The summed E-state index contributed by atoms with van der Waals surface area (Å²) in [4.78, 5) is 25.8. The van der Waals surface area contributed by atoms with Crippen LogP contribution in [-0.4, -0.2) is 30.2 Å². The minimum Gasteiger partial charge on any atom is -0.465 e. The van der Waals surface area contributed by atoms with Gasteiger partial charge in [0.2, 0.25) is 0 Å². The summed E-state index contributed by atoms with van der Waals surface area (Å²) in [6, 6.07) is 8.30. The molecule has 108 valence electrons. The molecule has 1 amide bonds. The normalized spacial score (nSPS) is 10.6. The predicted molar refractivity (Wildman–Crippen MR) is 81.3 cm³/mol. The number of esters is 1. The lowest BCUT2D eigenvalue weighted by molar-refractivity contribution is 0.0600. The highest BCUT2D eigenvalue weighted by atomic mass is 79.9. The molecule has 0 aliphatic carbocycles. The molecule has 2 aromatic rings. The molecular weight excluding hydrogens is 338 g/mol. The monoisotopic (exact) mass is 349 g/mol. The molecule has 6 nitrogen and oxygen atoms in total. The number of carbonyl (C=O) groups excluding carboxylic acids is 2. The van der Waals surface area contributed by atoms with Crippen molar-refractivity contribution in [3.05, 3.63) is 57.8 Å². The number of aromatic amines is 1. The van der Waals surface area contributed by atoms with Crippen molar-refractivity contribution in [2.75, 3.05) is 7.11 Å². The van der Waals surface area contributed by atoms with Gasteiger partial charge in [-0.05, 0) is 39.7 Å². The topological polar surface area (TPSA) is 83.5 Å². The average Bonchev–Trinajstić information content (AvgIpc) is 2.94. The van der Waals surface area contributed by atoms with E-state index in [4.69, 9.17) is 0 Å². The first-order chi connectivity index (χ1) is 10.1. The fourth-order valence-corrected chi connectivity index (χ4v) is 1.89. The van der Waals surface area contributed by atoms with Gasteiger partial charge in [0.1, 0.15) is 5.69 Å². The Morgan fingerprint density at radius 1 is 1.33 bits per heavy atom. The molecule has 0 atom stereocenters. The van der Waals surface area contributed by atoms with Crippen LogP contribution in [0.25, 0.3) is 0 Å². The summed E-state index contributed by atoms with van der Waals surface area (Å²) in [6.45, 7) is 0. The second-order valence-electron chi connectivity index (χ2n) is 4.04. The highest BCUT2D eigenvalue weighted by molar-refractivity contribution is 9.10. The first-order valence-corrected chi connectivity index (χ1v) is 6.75. The Balaban J connectivity index is 1.95. The van der Waals surface area contributed by atoms with Crippen LogP contribution in [0.1, 0.15) is 26.4 Å². The lowest BCUT2D eigenvalue weighted by atomic mass is 10.1. The van der Waals surface area contributed by atoms with Gasteiger partial charge in [-0.15, -0.1) is 0 Å². The number of nitrogens with one attached hydrogen (secondary N) is 2. The number of hydrogen-bond acceptors (Lipinski definition) is 4. The van der Waals surface area contributed by atoms with Crippen molar-refractivity contribution in [2.45, 2.75) is 0 Å². The van der Waals surface area contributed by atoms with Crippen molar-refractivity contribution < 1.29 is 14.3 Å². The number of benzene rings is 1. The molecular formula is C14H12BrN3O3. The summed E-state index contributed by atoms with van der Waals surface area (Å²) >= 11 is 3.24. The van der Waals surface area contributed by atoms with E-state index in [1.54, 1.807) is 36.5 Å². The molecule has 0 saturated carbocycles. The van der Waals surface area contributed by atoms with Gasteiger partial charge in [-0.3, -0.25) is 4.79 Å². The fraction of sp³-hybridized carbons (Fsp3) is 0.0714. The van der Waals surface area contributed by atoms with E-state index in [1.165, 1.54) is 13.3 Å². The van der Waals surface area contributed by atoms with Gasteiger partial charge in [-0.2, -0.15) is 5.10 Å². The largest absolute Gasteiger partial charge is 0.465 e. The number of H-pyrrole nitrogens is 1. The molecule has 1 heterocycles. The first-order valence-electron chi connectivity index (χ1n) is 5.96. The molecule has 2 N–H and O–H groups in total. The van der Waals surface area contributed by atoms with Crippen molar-refractivity contribution in [3.8, 4) is 0 Å². The van der Waals surface area contributed by atoms with E-state index in [2.05, 4.69) is 36.2 Å². The highest BCUT2D eigenvalue weighted by Gasteiger charge is 2.06. The van der Waals surface area contributed by atoms with E-state index in [9.17, 15) is 9.59 Å². The van der Waals surface area contributed by atoms with Crippen LogP contribution in [0.5, 0.6) is 0 Å². The van der Waals surface area contributed by atoms with E-state index in [1.807, 2.05) is 0 Å². The van der Waals surface area contributed by atoms with Gasteiger partial charge in [0, 0.05) is 10.7 Å².